The fourth-order valence-electron chi connectivity index (χ4n) is 4.47. The van der Waals surface area contributed by atoms with Crippen molar-refractivity contribution in [3.05, 3.63) is 30.3 Å². The van der Waals surface area contributed by atoms with Crippen molar-refractivity contribution in [3.8, 4) is 0 Å². The minimum atomic E-state index is 0. The van der Waals surface area contributed by atoms with Gasteiger partial charge in [0.15, 0.2) is 0 Å². The summed E-state index contributed by atoms with van der Waals surface area (Å²) in [5.41, 5.74) is 1.61. The van der Waals surface area contributed by atoms with Crippen molar-refractivity contribution in [2.45, 2.75) is 38.1 Å². The molecule has 2 saturated heterocycles. The lowest BCUT2D eigenvalue weighted by molar-refractivity contribution is -0.124. The van der Waals surface area contributed by atoms with E-state index in [1.165, 1.54) is 18.5 Å². The molecule has 0 radical (unpaired) electrons. The Bertz CT molecular complexity index is 563. The Kier molecular flexibility index (Phi) is 7.01. The maximum absolute atomic E-state index is 12.6. The molecular formula is C19H29Cl2N3O. The van der Waals surface area contributed by atoms with E-state index in [9.17, 15) is 4.79 Å². The van der Waals surface area contributed by atoms with Gasteiger partial charge in [-0.1, -0.05) is 18.2 Å². The number of piperidine rings is 2. The maximum atomic E-state index is 12.6. The van der Waals surface area contributed by atoms with Crippen LogP contribution in [0.1, 0.15) is 32.1 Å². The van der Waals surface area contributed by atoms with Crippen molar-refractivity contribution in [1.82, 2.24) is 10.6 Å². The average Bonchev–Trinajstić information content (AvgIpc) is 3.30. The molecule has 0 aromatic heterocycles. The van der Waals surface area contributed by atoms with Gasteiger partial charge < -0.3 is 15.5 Å². The third-order valence-electron chi connectivity index (χ3n) is 5.99. The van der Waals surface area contributed by atoms with Crippen LogP contribution < -0.4 is 15.5 Å². The van der Waals surface area contributed by atoms with E-state index in [1.807, 2.05) is 0 Å². The number of carbonyl (C=O) groups excluding carboxylic acids is 1. The number of hydrogen-bond donors (Lipinski definition) is 2. The van der Waals surface area contributed by atoms with Crippen molar-refractivity contribution in [3.63, 3.8) is 0 Å². The third kappa shape index (κ3) is 4.42. The number of nitrogens with zero attached hydrogens (tertiary/aromatic N) is 1. The highest BCUT2D eigenvalue weighted by atomic mass is 35.5. The second kappa shape index (κ2) is 8.61. The van der Waals surface area contributed by atoms with E-state index in [-0.39, 0.29) is 30.7 Å². The second-order valence-electron chi connectivity index (χ2n) is 7.50. The van der Waals surface area contributed by atoms with E-state index in [0.717, 1.165) is 45.4 Å². The van der Waals surface area contributed by atoms with Crippen LogP contribution in [0.25, 0.3) is 0 Å². The highest BCUT2D eigenvalue weighted by Gasteiger charge is 2.57. The molecule has 2 heterocycles. The summed E-state index contributed by atoms with van der Waals surface area (Å²) in [4.78, 5) is 15.0. The van der Waals surface area contributed by atoms with Gasteiger partial charge in [-0.2, -0.15) is 0 Å². The van der Waals surface area contributed by atoms with Crippen LogP contribution in [0, 0.1) is 11.3 Å². The lowest BCUT2D eigenvalue weighted by Crippen LogP contribution is -2.48. The topological polar surface area (TPSA) is 44.4 Å². The Morgan fingerprint density at radius 2 is 1.88 bits per heavy atom. The van der Waals surface area contributed by atoms with Gasteiger partial charge >= 0.3 is 0 Å². The third-order valence-corrected chi connectivity index (χ3v) is 5.99. The molecule has 4 nitrogen and oxygen atoms in total. The summed E-state index contributed by atoms with van der Waals surface area (Å²) in [6, 6.07) is 10.9. The van der Waals surface area contributed by atoms with Gasteiger partial charge in [0.1, 0.15) is 0 Å². The van der Waals surface area contributed by atoms with E-state index in [2.05, 4.69) is 45.9 Å². The van der Waals surface area contributed by atoms with Crippen LogP contribution in [0.2, 0.25) is 0 Å². The summed E-state index contributed by atoms with van der Waals surface area (Å²) < 4.78 is 0. The smallest absolute Gasteiger partial charge is 0.223 e. The van der Waals surface area contributed by atoms with E-state index in [1.54, 1.807) is 0 Å². The monoisotopic (exact) mass is 385 g/mol. The first-order valence-electron chi connectivity index (χ1n) is 9.08. The molecule has 3 aliphatic rings. The summed E-state index contributed by atoms with van der Waals surface area (Å²) in [5.74, 6) is 0.587. The van der Waals surface area contributed by atoms with Gasteiger partial charge in [-0.15, -0.1) is 24.8 Å². The van der Waals surface area contributed by atoms with Crippen molar-refractivity contribution in [1.29, 1.82) is 0 Å². The molecule has 1 saturated carbocycles. The Balaban J connectivity index is 0.00000113. The molecule has 1 aromatic rings. The van der Waals surface area contributed by atoms with Crippen LogP contribution in [0.4, 0.5) is 5.69 Å². The Morgan fingerprint density at radius 3 is 2.60 bits per heavy atom. The summed E-state index contributed by atoms with van der Waals surface area (Å²) in [6.45, 7) is 4.19. The van der Waals surface area contributed by atoms with Gasteiger partial charge in [-0.05, 0) is 62.7 Å². The number of rotatable bonds is 3. The molecular weight excluding hydrogens is 357 g/mol. The molecule has 0 bridgehead atoms. The number of nitrogens with one attached hydrogen (secondary N) is 2. The minimum Gasteiger partial charge on any atom is -0.369 e. The lowest BCUT2D eigenvalue weighted by atomic mass is 9.91. The van der Waals surface area contributed by atoms with Crippen LogP contribution >= 0.6 is 24.8 Å². The van der Waals surface area contributed by atoms with Crippen LogP contribution in [0.5, 0.6) is 0 Å². The molecule has 1 aromatic carbocycles. The van der Waals surface area contributed by atoms with E-state index in [4.69, 9.17) is 0 Å². The maximum Gasteiger partial charge on any atom is 0.223 e. The number of halogens is 2. The van der Waals surface area contributed by atoms with Crippen LogP contribution in [0.3, 0.4) is 0 Å². The van der Waals surface area contributed by atoms with Gasteiger partial charge in [0.2, 0.25) is 5.91 Å². The number of benzene rings is 1. The van der Waals surface area contributed by atoms with Crippen LogP contribution in [-0.4, -0.2) is 38.1 Å². The number of hydrogen-bond acceptors (Lipinski definition) is 3. The van der Waals surface area contributed by atoms with Crippen molar-refractivity contribution in [2.24, 2.45) is 11.3 Å². The fraction of sp³-hybridized carbons (Fsp3) is 0.632. The first-order valence-corrected chi connectivity index (χ1v) is 9.08. The molecule has 6 heteroatoms. The molecule has 3 fully saturated rings. The van der Waals surface area contributed by atoms with E-state index < -0.39 is 0 Å². The zero-order valence-electron chi connectivity index (χ0n) is 14.6. The predicted octanol–water partition coefficient (Wildman–Crippen LogP) is 3.00. The lowest BCUT2D eigenvalue weighted by Gasteiger charge is -2.35. The summed E-state index contributed by atoms with van der Waals surface area (Å²) in [5, 5.41) is 6.76. The summed E-state index contributed by atoms with van der Waals surface area (Å²) >= 11 is 0. The molecule has 1 spiro atoms. The highest BCUT2D eigenvalue weighted by molar-refractivity contribution is 5.85. The summed E-state index contributed by atoms with van der Waals surface area (Å²) in [6.07, 6.45) is 5.71. The molecule has 1 aliphatic carbocycles. The number of amides is 1. The van der Waals surface area contributed by atoms with Crippen LogP contribution in [0.15, 0.2) is 30.3 Å². The quantitative estimate of drug-likeness (QED) is 0.840. The normalized spacial score (nSPS) is 27.0. The first kappa shape index (κ1) is 20.3. The minimum absolute atomic E-state index is 0. The van der Waals surface area contributed by atoms with Gasteiger partial charge in [0, 0.05) is 30.7 Å². The molecule has 140 valence electrons. The van der Waals surface area contributed by atoms with Crippen molar-refractivity contribution >= 4 is 36.4 Å². The van der Waals surface area contributed by atoms with Gasteiger partial charge in [-0.3, -0.25) is 4.79 Å². The van der Waals surface area contributed by atoms with E-state index >= 15 is 0 Å². The van der Waals surface area contributed by atoms with Crippen molar-refractivity contribution in [2.75, 3.05) is 31.1 Å². The Morgan fingerprint density at radius 1 is 1.16 bits per heavy atom. The average molecular weight is 386 g/mol. The number of para-hydroxylation sites is 1. The number of anilines is 1. The molecule has 4 rings (SSSR count). The summed E-state index contributed by atoms with van der Waals surface area (Å²) in [7, 11) is 0. The zero-order valence-corrected chi connectivity index (χ0v) is 16.2. The fourth-order valence-corrected chi connectivity index (χ4v) is 4.47. The predicted molar refractivity (Wildman–Crippen MR) is 107 cm³/mol. The van der Waals surface area contributed by atoms with Crippen LogP contribution in [-0.2, 0) is 4.79 Å². The highest BCUT2D eigenvalue weighted by Crippen LogP contribution is 2.58. The molecule has 2 unspecified atom stereocenters. The molecule has 2 aliphatic heterocycles. The molecule has 2 N–H and O–H groups in total. The van der Waals surface area contributed by atoms with E-state index in [0.29, 0.717) is 17.4 Å². The zero-order chi connectivity index (χ0) is 15.7. The van der Waals surface area contributed by atoms with Crippen molar-refractivity contribution < 1.29 is 4.79 Å². The van der Waals surface area contributed by atoms with Gasteiger partial charge in [0.05, 0.1) is 0 Å². The Labute approximate surface area is 162 Å². The molecule has 2 atom stereocenters. The Hall–Kier alpha value is -0.970. The number of carbonyl (C=O) groups is 1. The SMILES string of the molecule is Cl.Cl.O=C(NC1CCCN(c2ccccc2)C1)C1CC12CCNCC2. The molecule has 25 heavy (non-hydrogen) atoms. The molecule has 1 amide bonds. The van der Waals surface area contributed by atoms with Gasteiger partial charge in [0.25, 0.3) is 0 Å². The second-order valence-corrected chi connectivity index (χ2v) is 7.50. The first-order chi connectivity index (χ1) is 11.3. The van der Waals surface area contributed by atoms with Gasteiger partial charge in [-0.25, -0.2) is 0 Å². The standard InChI is InChI=1S/C19H27N3O.2ClH/c23-18(17-13-19(17)8-10-20-11-9-19)21-15-5-4-12-22(14-15)16-6-2-1-3-7-16;;/h1-3,6-7,15,17,20H,4-5,8-14H2,(H,21,23);2*1H. The largest absolute Gasteiger partial charge is 0.369 e.